The fourth-order valence-electron chi connectivity index (χ4n) is 5.37. The molecule has 4 aromatic carbocycles. The molecule has 0 unspecified atom stereocenters. The van der Waals surface area contributed by atoms with Gasteiger partial charge in [0.1, 0.15) is 34.6 Å². The SMILES string of the molecule is CCS(=O)(=O)Nc1cc2oc(-c3ccc(F)cc3)c(C(=O)NC)c2cc1-c1ccc2nc(C)n(Cc3ccc(F)cc3F)c(=O)c2c1. The number of aromatic nitrogens is 2. The number of fused-ring (bicyclic) bond motifs is 2. The zero-order valence-corrected chi connectivity index (χ0v) is 26.1. The average molecular weight is 661 g/mol. The maximum atomic E-state index is 14.5. The number of halogens is 3. The third kappa shape index (κ3) is 5.97. The van der Waals surface area contributed by atoms with Gasteiger partial charge in [0.05, 0.1) is 34.5 Å². The minimum Gasteiger partial charge on any atom is -0.455 e. The molecule has 0 saturated carbocycles. The molecule has 240 valence electrons. The number of carbonyl (C=O) groups is 1. The molecule has 2 N–H and O–H groups in total. The van der Waals surface area contributed by atoms with Gasteiger partial charge < -0.3 is 9.73 Å². The molecule has 0 fully saturated rings. The van der Waals surface area contributed by atoms with E-state index in [4.69, 9.17) is 4.42 Å². The number of nitrogens with zero attached hydrogens (tertiary/aromatic N) is 2. The van der Waals surface area contributed by atoms with Crippen molar-refractivity contribution in [3.05, 3.63) is 118 Å². The van der Waals surface area contributed by atoms with Crippen LogP contribution in [0.5, 0.6) is 0 Å². The number of hydrogen-bond acceptors (Lipinski definition) is 6. The molecule has 0 aliphatic carbocycles. The third-order valence-electron chi connectivity index (χ3n) is 7.83. The van der Waals surface area contributed by atoms with Crippen LogP contribution >= 0.6 is 0 Å². The molecule has 0 spiro atoms. The molecule has 47 heavy (non-hydrogen) atoms. The molecule has 1 amide bonds. The summed E-state index contributed by atoms with van der Waals surface area (Å²) in [7, 11) is -2.36. The Morgan fingerprint density at radius 3 is 2.30 bits per heavy atom. The first-order valence-corrected chi connectivity index (χ1v) is 16.1. The molecule has 0 atom stereocenters. The molecular weight excluding hydrogens is 633 g/mol. The first kappa shape index (κ1) is 31.5. The molecule has 0 radical (unpaired) electrons. The Bertz CT molecular complexity index is 2390. The standard InChI is InChI=1S/C34H27F3N4O5S/c1-4-47(44,45)40-29-16-30-26(31(33(42)38-3)32(46-30)19-5-9-22(35)10-6-19)15-24(29)20-8-12-28-25(13-20)34(43)41(18(2)39-28)17-21-7-11-23(36)14-27(21)37/h5-16,40H,4,17H2,1-3H3,(H,38,42). The summed E-state index contributed by atoms with van der Waals surface area (Å²) in [5, 5.41) is 3.08. The van der Waals surface area contributed by atoms with Gasteiger partial charge in [-0.3, -0.25) is 18.9 Å². The molecule has 0 bridgehead atoms. The molecule has 0 aliphatic rings. The number of aryl methyl sites for hydroxylation is 1. The van der Waals surface area contributed by atoms with Gasteiger partial charge in [-0.15, -0.1) is 0 Å². The largest absolute Gasteiger partial charge is 0.455 e. The summed E-state index contributed by atoms with van der Waals surface area (Å²) >= 11 is 0. The number of nitrogens with one attached hydrogen (secondary N) is 2. The number of hydrogen-bond donors (Lipinski definition) is 2. The van der Waals surface area contributed by atoms with Crippen LogP contribution in [-0.4, -0.2) is 36.7 Å². The van der Waals surface area contributed by atoms with Crippen LogP contribution in [-0.2, 0) is 16.6 Å². The Morgan fingerprint density at radius 2 is 1.62 bits per heavy atom. The summed E-state index contributed by atoms with van der Waals surface area (Å²) < 4.78 is 77.2. The van der Waals surface area contributed by atoms with Gasteiger partial charge in [-0.05, 0) is 67.9 Å². The van der Waals surface area contributed by atoms with Crippen LogP contribution in [0.25, 0.3) is 44.3 Å². The maximum absolute atomic E-state index is 14.5. The number of rotatable bonds is 8. The van der Waals surface area contributed by atoms with Crippen LogP contribution in [0.1, 0.15) is 28.7 Å². The van der Waals surface area contributed by atoms with E-state index in [2.05, 4.69) is 15.0 Å². The van der Waals surface area contributed by atoms with Crippen LogP contribution < -0.4 is 15.6 Å². The molecule has 2 heterocycles. The number of sulfonamides is 1. The zero-order valence-electron chi connectivity index (χ0n) is 25.3. The van der Waals surface area contributed by atoms with Crippen molar-refractivity contribution in [1.29, 1.82) is 0 Å². The van der Waals surface area contributed by atoms with E-state index in [1.54, 1.807) is 25.1 Å². The predicted molar refractivity (Wildman–Crippen MR) is 173 cm³/mol. The summed E-state index contributed by atoms with van der Waals surface area (Å²) in [6.45, 7) is 2.87. The van der Waals surface area contributed by atoms with Crippen LogP contribution in [0.2, 0.25) is 0 Å². The van der Waals surface area contributed by atoms with Crippen molar-refractivity contribution in [3.8, 4) is 22.5 Å². The molecular formula is C34H27F3N4O5S. The molecule has 2 aromatic heterocycles. The smallest absolute Gasteiger partial charge is 0.261 e. The molecule has 6 rings (SSSR count). The highest BCUT2D eigenvalue weighted by molar-refractivity contribution is 7.92. The van der Waals surface area contributed by atoms with Crippen molar-refractivity contribution in [2.75, 3.05) is 17.5 Å². The summed E-state index contributed by atoms with van der Waals surface area (Å²) in [6, 6.07) is 16.3. The minimum atomic E-state index is -3.81. The molecule has 6 aromatic rings. The fraction of sp³-hybridized carbons (Fsp3) is 0.147. The van der Waals surface area contributed by atoms with Gasteiger partial charge in [0.25, 0.3) is 11.5 Å². The highest BCUT2D eigenvalue weighted by Gasteiger charge is 2.25. The number of carbonyl (C=O) groups excluding carboxylic acids is 1. The Hall–Kier alpha value is -5.43. The molecule has 0 saturated heterocycles. The second kappa shape index (κ2) is 12.1. The Labute approximate surface area is 266 Å². The Balaban J connectivity index is 1.58. The first-order valence-electron chi connectivity index (χ1n) is 14.4. The molecule has 0 aliphatic heterocycles. The van der Waals surface area contributed by atoms with Crippen molar-refractivity contribution in [2.45, 2.75) is 20.4 Å². The van der Waals surface area contributed by atoms with Crippen LogP contribution in [0.15, 0.2) is 82.0 Å². The number of amides is 1. The number of furan rings is 1. The van der Waals surface area contributed by atoms with E-state index in [1.165, 1.54) is 61.0 Å². The summed E-state index contributed by atoms with van der Waals surface area (Å²) in [5.74, 6) is -2.31. The highest BCUT2D eigenvalue weighted by atomic mass is 32.2. The van der Waals surface area contributed by atoms with E-state index in [0.29, 0.717) is 33.4 Å². The van der Waals surface area contributed by atoms with Gasteiger partial charge in [-0.25, -0.2) is 26.6 Å². The van der Waals surface area contributed by atoms with E-state index in [-0.39, 0.29) is 45.8 Å². The lowest BCUT2D eigenvalue weighted by Gasteiger charge is -2.15. The van der Waals surface area contributed by atoms with E-state index in [0.717, 1.165) is 12.1 Å². The van der Waals surface area contributed by atoms with Crippen molar-refractivity contribution in [1.82, 2.24) is 14.9 Å². The quantitative estimate of drug-likeness (QED) is 0.196. The van der Waals surface area contributed by atoms with Gasteiger partial charge >= 0.3 is 0 Å². The van der Waals surface area contributed by atoms with E-state index in [1.807, 2.05) is 0 Å². The van der Waals surface area contributed by atoms with Gasteiger partial charge in [0.2, 0.25) is 10.0 Å². The topological polar surface area (TPSA) is 123 Å². The maximum Gasteiger partial charge on any atom is 0.261 e. The number of benzene rings is 4. The monoisotopic (exact) mass is 660 g/mol. The normalized spacial score (nSPS) is 11.7. The van der Waals surface area contributed by atoms with Crippen molar-refractivity contribution < 1.29 is 30.8 Å². The summed E-state index contributed by atoms with van der Waals surface area (Å²) in [4.78, 5) is 31.5. The van der Waals surface area contributed by atoms with E-state index >= 15 is 0 Å². The van der Waals surface area contributed by atoms with Gasteiger partial charge in [0, 0.05) is 41.3 Å². The average Bonchev–Trinajstić information content (AvgIpc) is 3.41. The predicted octanol–water partition coefficient (Wildman–Crippen LogP) is 6.37. The Kier molecular flexibility index (Phi) is 8.10. The summed E-state index contributed by atoms with van der Waals surface area (Å²) in [5.41, 5.74) is 1.53. The van der Waals surface area contributed by atoms with Crippen LogP contribution in [0, 0.1) is 24.4 Å². The lowest BCUT2D eigenvalue weighted by Crippen LogP contribution is -2.25. The first-order chi connectivity index (χ1) is 22.4. The lowest BCUT2D eigenvalue weighted by atomic mass is 9.98. The lowest BCUT2D eigenvalue weighted by molar-refractivity contribution is 0.0964. The zero-order chi connectivity index (χ0) is 33.6. The molecule has 13 heteroatoms. The number of anilines is 1. The second-order valence-corrected chi connectivity index (χ2v) is 12.8. The van der Waals surface area contributed by atoms with Gasteiger partial charge in [-0.1, -0.05) is 12.1 Å². The van der Waals surface area contributed by atoms with E-state index in [9.17, 15) is 31.2 Å². The van der Waals surface area contributed by atoms with Crippen LogP contribution in [0.3, 0.4) is 0 Å². The Morgan fingerprint density at radius 1 is 0.915 bits per heavy atom. The third-order valence-corrected chi connectivity index (χ3v) is 9.12. The van der Waals surface area contributed by atoms with Crippen LogP contribution in [0.4, 0.5) is 18.9 Å². The fourth-order valence-corrected chi connectivity index (χ4v) is 6.02. The van der Waals surface area contributed by atoms with Gasteiger partial charge in [-0.2, -0.15) is 0 Å². The van der Waals surface area contributed by atoms with E-state index < -0.39 is 38.9 Å². The highest BCUT2D eigenvalue weighted by Crippen LogP contribution is 2.40. The minimum absolute atomic E-state index is 0.0919. The van der Waals surface area contributed by atoms with Crippen molar-refractivity contribution in [3.63, 3.8) is 0 Å². The van der Waals surface area contributed by atoms with Crippen molar-refractivity contribution >= 4 is 43.5 Å². The van der Waals surface area contributed by atoms with Crippen molar-refractivity contribution in [2.24, 2.45) is 0 Å². The summed E-state index contributed by atoms with van der Waals surface area (Å²) in [6.07, 6.45) is 0. The van der Waals surface area contributed by atoms with Gasteiger partial charge in [0.15, 0.2) is 0 Å². The second-order valence-electron chi connectivity index (χ2n) is 10.8. The molecule has 9 nitrogen and oxygen atoms in total.